The van der Waals surface area contributed by atoms with Gasteiger partial charge in [0.25, 0.3) is 5.56 Å². The highest BCUT2D eigenvalue weighted by molar-refractivity contribution is 7.80. The summed E-state index contributed by atoms with van der Waals surface area (Å²) in [6.45, 7) is 1.66. The van der Waals surface area contributed by atoms with Gasteiger partial charge in [0.1, 0.15) is 11.4 Å². The molecule has 0 amide bonds. The predicted molar refractivity (Wildman–Crippen MR) is 105 cm³/mol. The molecule has 1 fully saturated rings. The van der Waals surface area contributed by atoms with E-state index in [2.05, 4.69) is 29.6 Å². The lowest BCUT2D eigenvalue weighted by atomic mass is 10.0. The van der Waals surface area contributed by atoms with Crippen LogP contribution in [0.5, 0.6) is 5.75 Å². The minimum Gasteiger partial charge on any atom is -0.497 e. The van der Waals surface area contributed by atoms with Crippen LogP contribution >= 0.6 is 12.6 Å². The summed E-state index contributed by atoms with van der Waals surface area (Å²) in [5.41, 5.74) is 0.946. The number of nitrogens with one attached hydrogen (secondary N) is 1. The molecule has 2 aromatic rings. The van der Waals surface area contributed by atoms with Crippen LogP contribution in [0.25, 0.3) is 0 Å². The second-order valence-electron chi connectivity index (χ2n) is 6.63. The van der Waals surface area contributed by atoms with Crippen LogP contribution in [-0.2, 0) is 6.54 Å². The van der Waals surface area contributed by atoms with E-state index in [1.807, 2.05) is 0 Å². The van der Waals surface area contributed by atoms with Gasteiger partial charge in [-0.25, -0.2) is 4.98 Å². The number of ether oxygens (including phenoxy) is 1. The molecule has 6 nitrogen and oxygen atoms in total. The third kappa shape index (κ3) is 3.83. The van der Waals surface area contributed by atoms with Crippen molar-refractivity contribution in [2.75, 3.05) is 20.7 Å². The van der Waals surface area contributed by atoms with Gasteiger partial charge in [0.05, 0.1) is 24.0 Å². The van der Waals surface area contributed by atoms with E-state index >= 15 is 0 Å². The van der Waals surface area contributed by atoms with Crippen molar-refractivity contribution in [2.45, 2.75) is 36.7 Å². The van der Waals surface area contributed by atoms with E-state index in [4.69, 9.17) is 10.1 Å². The highest BCUT2D eigenvalue weighted by atomic mass is 32.1. The molecule has 1 saturated heterocycles. The number of likely N-dealkylation sites (N-methyl/N-ethyl adjacent to an activating group) is 1. The van der Waals surface area contributed by atoms with Gasteiger partial charge < -0.3 is 9.64 Å². The number of hydrogen-bond acceptors (Lipinski definition) is 6. The van der Waals surface area contributed by atoms with Crippen LogP contribution in [-0.4, -0.2) is 46.9 Å². The largest absolute Gasteiger partial charge is 0.497 e. The molecular formula is C19H24N4O2S. The molecule has 0 spiro atoms. The van der Waals surface area contributed by atoms with E-state index in [-0.39, 0.29) is 16.2 Å². The second-order valence-corrected chi connectivity index (χ2v) is 7.08. The lowest BCUT2D eigenvalue weighted by Gasteiger charge is -2.32. The fourth-order valence-corrected chi connectivity index (χ4v) is 3.59. The Morgan fingerprint density at radius 1 is 1.35 bits per heavy atom. The topological polar surface area (TPSA) is 71.2 Å². The molecule has 0 radical (unpaired) electrons. The average Bonchev–Trinajstić information content (AvgIpc) is 2.67. The van der Waals surface area contributed by atoms with E-state index in [1.165, 1.54) is 19.2 Å². The molecular weight excluding hydrogens is 348 g/mol. The van der Waals surface area contributed by atoms with Crippen LogP contribution in [0.3, 0.4) is 0 Å². The van der Waals surface area contributed by atoms with Gasteiger partial charge in [0.2, 0.25) is 0 Å². The Hall–Kier alpha value is -2.12. The Kier molecular flexibility index (Phi) is 5.78. The summed E-state index contributed by atoms with van der Waals surface area (Å²) in [7, 11) is 3.69. The molecule has 0 saturated carbocycles. The van der Waals surface area contributed by atoms with Crippen molar-refractivity contribution >= 4 is 18.3 Å². The Balaban J connectivity index is 1.84. The fourth-order valence-electron chi connectivity index (χ4n) is 3.29. The molecule has 1 atom stereocenters. The summed E-state index contributed by atoms with van der Waals surface area (Å²) in [5.74, 6) is 0.715. The van der Waals surface area contributed by atoms with Crippen LogP contribution in [0, 0.1) is 5.41 Å². The Morgan fingerprint density at radius 2 is 2.08 bits per heavy atom. The Bertz CT molecular complexity index is 848. The standard InChI is InChI=1S/C19H24N4O2S/c1-22-10-4-3-5-14(22)11-23-12-21-17(18(26)19(23)24)16(20)13-6-8-15(25-2)9-7-13/h6-9,12,14,20,26H,3-5,10-11H2,1-2H3. The first-order valence-electron chi connectivity index (χ1n) is 8.73. The quantitative estimate of drug-likeness (QED) is 0.625. The maximum Gasteiger partial charge on any atom is 0.267 e. The van der Waals surface area contributed by atoms with Gasteiger partial charge in [-0.05, 0) is 50.7 Å². The molecule has 1 aliphatic heterocycles. The highest BCUT2D eigenvalue weighted by Crippen LogP contribution is 2.18. The molecule has 3 rings (SSSR count). The minimum absolute atomic E-state index is 0.177. The molecule has 1 aromatic carbocycles. The minimum atomic E-state index is -0.199. The molecule has 26 heavy (non-hydrogen) atoms. The van der Waals surface area contributed by atoms with Crippen molar-refractivity contribution in [2.24, 2.45) is 0 Å². The molecule has 0 bridgehead atoms. The van der Waals surface area contributed by atoms with Crippen LogP contribution < -0.4 is 10.3 Å². The molecule has 1 N–H and O–H groups in total. The number of methoxy groups -OCH3 is 1. The first-order chi connectivity index (χ1) is 12.5. The van der Waals surface area contributed by atoms with Gasteiger partial charge in [-0.1, -0.05) is 6.42 Å². The van der Waals surface area contributed by atoms with E-state index < -0.39 is 0 Å². The average molecular weight is 372 g/mol. The molecule has 1 aliphatic rings. The van der Waals surface area contributed by atoms with Crippen LogP contribution in [0.4, 0.5) is 0 Å². The van der Waals surface area contributed by atoms with Gasteiger partial charge in [-0.2, -0.15) is 0 Å². The lowest BCUT2D eigenvalue weighted by Crippen LogP contribution is -2.41. The summed E-state index contributed by atoms with van der Waals surface area (Å²) < 4.78 is 6.75. The van der Waals surface area contributed by atoms with Gasteiger partial charge in [0.15, 0.2) is 0 Å². The molecule has 1 aromatic heterocycles. The summed E-state index contributed by atoms with van der Waals surface area (Å²) in [6, 6.07) is 7.45. The number of likely N-dealkylation sites (tertiary alicyclic amines) is 1. The van der Waals surface area contributed by atoms with E-state index in [1.54, 1.807) is 35.9 Å². The summed E-state index contributed by atoms with van der Waals surface area (Å²) in [5, 5.41) is 8.38. The number of hydrogen-bond donors (Lipinski definition) is 2. The number of benzene rings is 1. The van der Waals surface area contributed by atoms with Crippen molar-refractivity contribution in [1.29, 1.82) is 5.41 Å². The maximum atomic E-state index is 12.7. The molecule has 1 unspecified atom stereocenters. The summed E-state index contributed by atoms with van der Waals surface area (Å²) >= 11 is 4.37. The van der Waals surface area contributed by atoms with Gasteiger partial charge in [0, 0.05) is 18.2 Å². The zero-order valence-electron chi connectivity index (χ0n) is 15.1. The van der Waals surface area contributed by atoms with Gasteiger partial charge >= 0.3 is 0 Å². The number of piperidine rings is 1. The Morgan fingerprint density at radius 3 is 2.73 bits per heavy atom. The normalized spacial score (nSPS) is 17.9. The lowest BCUT2D eigenvalue weighted by molar-refractivity contribution is 0.165. The SMILES string of the molecule is COc1ccc(C(=N)c2ncn(CC3CCCCN3C)c(=O)c2S)cc1. The Labute approximate surface area is 158 Å². The van der Waals surface area contributed by atoms with Gasteiger partial charge in [-0.15, -0.1) is 12.6 Å². The molecule has 7 heteroatoms. The second kappa shape index (κ2) is 8.05. The first-order valence-corrected chi connectivity index (χ1v) is 9.18. The third-order valence-corrected chi connectivity index (χ3v) is 5.36. The van der Waals surface area contributed by atoms with Crippen molar-refractivity contribution in [3.63, 3.8) is 0 Å². The number of thiol groups is 1. The van der Waals surface area contributed by atoms with Crippen LogP contribution in [0.1, 0.15) is 30.5 Å². The van der Waals surface area contributed by atoms with Crippen molar-refractivity contribution < 1.29 is 4.74 Å². The van der Waals surface area contributed by atoms with Crippen LogP contribution in [0.2, 0.25) is 0 Å². The van der Waals surface area contributed by atoms with Crippen molar-refractivity contribution in [3.8, 4) is 5.75 Å². The predicted octanol–water partition coefficient (Wildman–Crippen LogP) is 2.44. The van der Waals surface area contributed by atoms with E-state index in [0.717, 1.165) is 13.0 Å². The molecule has 0 aliphatic carbocycles. The zero-order chi connectivity index (χ0) is 18.7. The third-order valence-electron chi connectivity index (χ3n) is 4.96. The maximum absolute atomic E-state index is 12.7. The van der Waals surface area contributed by atoms with Crippen molar-refractivity contribution in [3.05, 3.63) is 52.2 Å². The highest BCUT2D eigenvalue weighted by Gasteiger charge is 2.21. The zero-order valence-corrected chi connectivity index (χ0v) is 16.0. The smallest absolute Gasteiger partial charge is 0.267 e. The monoisotopic (exact) mass is 372 g/mol. The first kappa shape index (κ1) is 18.7. The molecule has 138 valence electrons. The number of aromatic nitrogens is 2. The van der Waals surface area contributed by atoms with E-state index in [9.17, 15) is 4.79 Å². The van der Waals surface area contributed by atoms with Crippen LogP contribution in [0.15, 0.2) is 40.3 Å². The summed E-state index contributed by atoms with van der Waals surface area (Å²) in [6.07, 6.45) is 5.01. The van der Waals surface area contributed by atoms with E-state index in [0.29, 0.717) is 29.6 Å². The summed E-state index contributed by atoms with van der Waals surface area (Å²) in [4.78, 5) is 19.6. The van der Waals surface area contributed by atoms with Gasteiger partial charge in [-0.3, -0.25) is 14.8 Å². The van der Waals surface area contributed by atoms with Crippen molar-refractivity contribution in [1.82, 2.24) is 14.5 Å². The fraction of sp³-hybridized carbons (Fsp3) is 0.421. The molecule has 2 heterocycles. The number of rotatable bonds is 5. The number of nitrogens with zero attached hydrogens (tertiary/aromatic N) is 3.